The van der Waals surface area contributed by atoms with E-state index in [-0.39, 0.29) is 5.56 Å². The number of aromatic nitrogens is 2. The molecule has 1 saturated heterocycles. The Kier molecular flexibility index (Phi) is 1.47. The van der Waals surface area contributed by atoms with Crippen molar-refractivity contribution in [1.29, 1.82) is 0 Å². The Bertz CT molecular complexity index is 283. The van der Waals surface area contributed by atoms with E-state index >= 15 is 0 Å². The molecule has 0 amide bonds. The van der Waals surface area contributed by atoms with Gasteiger partial charge in [0.15, 0.2) is 0 Å². The van der Waals surface area contributed by atoms with Crippen molar-refractivity contribution in [3.05, 3.63) is 28.4 Å². The number of H-pyrrole nitrogens is 1. The van der Waals surface area contributed by atoms with E-state index in [2.05, 4.69) is 9.97 Å². The highest BCUT2D eigenvalue weighted by molar-refractivity contribution is 5.05. The van der Waals surface area contributed by atoms with Crippen molar-refractivity contribution >= 4 is 0 Å². The molecule has 0 atom stereocenters. The summed E-state index contributed by atoms with van der Waals surface area (Å²) in [6.45, 7) is 1.44. The summed E-state index contributed by atoms with van der Waals surface area (Å²) in [7, 11) is 0. The molecule has 0 unspecified atom stereocenters. The van der Waals surface area contributed by atoms with E-state index < -0.39 is 0 Å². The summed E-state index contributed by atoms with van der Waals surface area (Å²) in [6.07, 6.45) is 2.95. The van der Waals surface area contributed by atoms with Crippen molar-refractivity contribution in [2.24, 2.45) is 0 Å². The zero-order valence-electron chi connectivity index (χ0n) is 5.91. The number of aromatic amines is 1. The highest BCUT2D eigenvalue weighted by atomic mass is 16.5. The third kappa shape index (κ3) is 1.17. The molecular weight excluding hydrogens is 144 g/mol. The second-order valence-electron chi connectivity index (χ2n) is 2.57. The molecule has 1 aliphatic heterocycles. The number of nitrogens with one attached hydrogen (secondary N) is 1. The van der Waals surface area contributed by atoms with Crippen LogP contribution in [0.15, 0.2) is 17.2 Å². The van der Waals surface area contributed by atoms with E-state index in [1.807, 2.05) is 0 Å². The van der Waals surface area contributed by atoms with Crippen molar-refractivity contribution in [1.82, 2.24) is 9.97 Å². The van der Waals surface area contributed by atoms with Gasteiger partial charge >= 0.3 is 0 Å². The van der Waals surface area contributed by atoms with Crippen LogP contribution in [-0.4, -0.2) is 23.2 Å². The third-order valence-electron chi connectivity index (χ3n) is 1.75. The van der Waals surface area contributed by atoms with E-state index in [1.54, 1.807) is 6.20 Å². The lowest BCUT2D eigenvalue weighted by Gasteiger charge is -2.24. The van der Waals surface area contributed by atoms with Gasteiger partial charge in [-0.1, -0.05) is 0 Å². The molecule has 0 radical (unpaired) electrons. The third-order valence-corrected chi connectivity index (χ3v) is 1.75. The minimum Gasteiger partial charge on any atom is -0.380 e. The number of rotatable bonds is 1. The molecule has 4 nitrogen and oxygen atoms in total. The molecule has 0 aromatic carbocycles. The van der Waals surface area contributed by atoms with Crippen LogP contribution in [0.5, 0.6) is 0 Å². The summed E-state index contributed by atoms with van der Waals surface area (Å²) in [5, 5.41) is 0. The van der Waals surface area contributed by atoms with Gasteiger partial charge in [-0.25, -0.2) is 0 Å². The topological polar surface area (TPSA) is 55.0 Å². The Morgan fingerprint density at radius 1 is 1.64 bits per heavy atom. The first-order valence-electron chi connectivity index (χ1n) is 3.48. The Morgan fingerprint density at radius 2 is 2.45 bits per heavy atom. The molecule has 11 heavy (non-hydrogen) atoms. The SMILES string of the molecule is O=c1cnc(C2COC2)c[nH]1. The average Bonchev–Trinajstić information content (AvgIpc) is 1.90. The largest absolute Gasteiger partial charge is 0.380 e. The van der Waals surface area contributed by atoms with E-state index in [0.29, 0.717) is 5.92 Å². The molecule has 1 fully saturated rings. The molecule has 0 spiro atoms. The number of ether oxygens (including phenoxy) is 1. The van der Waals surface area contributed by atoms with Crippen LogP contribution in [0.3, 0.4) is 0 Å². The summed E-state index contributed by atoms with van der Waals surface area (Å²) in [5.41, 5.74) is 0.754. The fraction of sp³-hybridized carbons (Fsp3) is 0.429. The summed E-state index contributed by atoms with van der Waals surface area (Å²) in [6, 6.07) is 0. The smallest absolute Gasteiger partial charge is 0.266 e. The normalized spacial score (nSPS) is 17.8. The van der Waals surface area contributed by atoms with E-state index in [1.165, 1.54) is 6.20 Å². The van der Waals surface area contributed by atoms with Crippen molar-refractivity contribution in [3.63, 3.8) is 0 Å². The quantitative estimate of drug-likeness (QED) is 0.610. The van der Waals surface area contributed by atoms with Gasteiger partial charge in [0.2, 0.25) is 0 Å². The highest BCUT2D eigenvalue weighted by Gasteiger charge is 2.21. The lowest BCUT2D eigenvalue weighted by molar-refractivity contribution is 0.00654. The lowest BCUT2D eigenvalue weighted by atomic mass is 10.1. The van der Waals surface area contributed by atoms with Crippen molar-refractivity contribution in [3.8, 4) is 0 Å². The van der Waals surface area contributed by atoms with Gasteiger partial charge in [0.25, 0.3) is 5.56 Å². The first kappa shape index (κ1) is 6.54. The van der Waals surface area contributed by atoms with Crippen LogP contribution >= 0.6 is 0 Å². The number of hydrogen-bond acceptors (Lipinski definition) is 3. The van der Waals surface area contributed by atoms with Gasteiger partial charge in [0.05, 0.1) is 25.1 Å². The van der Waals surface area contributed by atoms with Crippen LogP contribution in [0.25, 0.3) is 0 Å². The Hall–Kier alpha value is -1.16. The number of hydrogen-bond donors (Lipinski definition) is 1. The predicted molar refractivity (Wildman–Crippen MR) is 38.4 cm³/mol. The Morgan fingerprint density at radius 3 is 2.91 bits per heavy atom. The predicted octanol–water partition coefficient (Wildman–Crippen LogP) is -0.116. The van der Waals surface area contributed by atoms with Gasteiger partial charge in [0, 0.05) is 12.1 Å². The minimum atomic E-state index is -0.158. The molecule has 2 heterocycles. The summed E-state index contributed by atoms with van der Waals surface area (Å²) in [4.78, 5) is 17.2. The molecule has 0 bridgehead atoms. The fourth-order valence-electron chi connectivity index (χ4n) is 0.982. The van der Waals surface area contributed by atoms with Crippen LogP contribution in [0.4, 0.5) is 0 Å². The van der Waals surface area contributed by atoms with Gasteiger partial charge < -0.3 is 9.72 Å². The minimum absolute atomic E-state index is 0.158. The first-order chi connectivity index (χ1) is 5.36. The second kappa shape index (κ2) is 2.47. The molecule has 2 rings (SSSR count). The molecular formula is C7H8N2O2. The summed E-state index contributed by atoms with van der Waals surface area (Å²) in [5.74, 6) is 0.381. The zero-order chi connectivity index (χ0) is 7.68. The van der Waals surface area contributed by atoms with Gasteiger partial charge in [-0.2, -0.15) is 0 Å². The van der Waals surface area contributed by atoms with Gasteiger partial charge in [0.1, 0.15) is 0 Å². The molecule has 1 aliphatic rings. The van der Waals surface area contributed by atoms with Crippen LogP contribution in [0.2, 0.25) is 0 Å². The average molecular weight is 152 g/mol. The lowest BCUT2D eigenvalue weighted by Crippen LogP contribution is -2.26. The van der Waals surface area contributed by atoms with Crippen LogP contribution in [0.1, 0.15) is 11.6 Å². The van der Waals surface area contributed by atoms with E-state index in [0.717, 1.165) is 18.9 Å². The van der Waals surface area contributed by atoms with Crippen molar-refractivity contribution < 1.29 is 4.74 Å². The van der Waals surface area contributed by atoms with Crippen LogP contribution < -0.4 is 5.56 Å². The molecule has 0 saturated carbocycles. The van der Waals surface area contributed by atoms with E-state index in [9.17, 15) is 4.79 Å². The maximum Gasteiger partial charge on any atom is 0.266 e. The molecule has 1 aromatic rings. The van der Waals surface area contributed by atoms with Crippen molar-refractivity contribution in [2.75, 3.05) is 13.2 Å². The summed E-state index contributed by atoms with van der Waals surface area (Å²) < 4.78 is 4.99. The number of nitrogens with zero attached hydrogens (tertiary/aromatic N) is 1. The maximum absolute atomic E-state index is 10.6. The van der Waals surface area contributed by atoms with Gasteiger partial charge in [-0.05, 0) is 0 Å². The molecule has 1 aromatic heterocycles. The highest BCUT2D eigenvalue weighted by Crippen LogP contribution is 2.19. The first-order valence-corrected chi connectivity index (χ1v) is 3.48. The van der Waals surface area contributed by atoms with Gasteiger partial charge in [-0.15, -0.1) is 0 Å². The van der Waals surface area contributed by atoms with Crippen molar-refractivity contribution in [2.45, 2.75) is 5.92 Å². The second-order valence-corrected chi connectivity index (χ2v) is 2.57. The Balaban J connectivity index is 2.25. The standard InChI is InChI=1S/C7H8N2O2/c10-7-2-8-6(1-9-7)5-3-11-4-5/h1-2,5H,3-4H2,(H,9,10). The molecule has 4 heteroatoms. The fourth-order valence-corrected chi connectivity index (χ4v) is 0.982. The maximum atomic E-state index is 10.6. The monoisotopic (exact) mass is 152 g/mol. The Labute approximate surface area is 63.2 Å². The molecule has 58 valence electrons. The van der Waals surface area contributed by atoms with E-state index in [4.69, 9.17) is 4.74 Å². The zero-order valence-corrected chi connectivity index (χ0v) is 5.91. The van der Waals surface area contributed by atoms with Crippen LogP contribution in [-0.2, 0) is 4.74 Å². The van der Waals surface area contributed by atoms with Crippen LogP contribution in [0, 0.1) is 0 Å². The molecule has 0 aliphatic carbocycles. The van der Waals surface area contributed by atoms with Gasteiger partial charge in [-0.3, -0.25) is 9.78 Å². The summed E-state index contributed by atoms with van der Waals surface area (Å²) >= 11 is 0. The molecule has 1 N–H and O–H groups in total.